The van der Waals surface area contributed by atoms with Crippen molar-refractivity contribution in [1.82, 2.24) is 0 Å². The highest BCUT2D eigenvalue weighted by atomic mass is 16.5. The average Bonchev–Trinajstić information content (AvgIpc) is 1.79. The smallest absolute Gasteiger partial charge is 0.124 e. The molecule has 46 valence electrons. The van der Waals surface area contributed by atoms with Crippen molar-refractivity contribution in [3.05, 3.63) is 12.8 Å². The minimum Gasteiger partial charge on any atom is -0.496 e. The van der Waals surface area contributed by atoms with Crippen LogP contribution in [0.2, 0.25) is 0 Å². The maximum Gasteiger partial charge on any atom is 0.124 e. The van der Waals surface area contributed by atoms with E-state index in [2.05, 4.69) is 6.58 Å². The fourth-order valence-electron chi connectivity index (χ4n) is 0.734. The lowest BCUT2D eigenvalue weighted by molar-refractivity contribution is -0.0592. The van der Waals surface area contributed by atoms with Gasteiger partial charge in [0.25, 0.3) is 0 Å². The highest BCUT2D eigenvalue weighted by molar-refractivity contribution is 4.82. The van der Waals surface area contributed by atoms with Crippen LogP contribution in [-0.2, 0) is 4.74 Å². The maximum atomic E-state index is 8.87. The van der Waals surface area contributed by atoms with Crippen molar-refractivity contribution in [3.63, 3.8) is 0 Å². The third kappa shape index (κ3) is 0.842. The number of hydrogen-bond donors (Lipinski definition) is 1. The Balaban J connectivity index is 2.16. The van der Waals surface area contributed by atoms with E-state index in [4.69, 9.17) is 9.84 Å². The van der Waals surface area contributed by atoms with Crippen LogP contribution in [0.1, 0.15) is 12.8 Å². The van der Waals surface area contributed by atoms with E-state index in [0.29, 0.717) is 0 Å². The summed E-state index contributed by atoms with van der Waals surface area (Å²) < 4.78 is 4.90. The SMILES string of the molecule is C=COC1CCC1O. The van der Waals surface area contributed by atoms with Gasteiger partial charge in [0.2, 0.25) is 0 Å². The Labute approximate surface area is 48.8 Å². The van der Waals surface area contributed by atoms with Gasteiger partial charge >= 0.3 is 0 Å². The van der Waals surface area contributed by atoms with Gasteiger partial charge in [-0.05, 0) is 12.8 Å². The van der Waals surface area contributed by atoms with Gasteiger partial charge in [-0.1, -0.05) is 6.58 Å². The van der Waals surface area contributed by atoms with Crippen LogP contribution < -0.4 is 0 Å². The summed E-state index contributed by atoms with van der Waals surface area (Å²) in [6.07, 6.45) is 3.01. The Hall–Kier alpha value is -0.500. The van der Waals surface area contributed by atoms with E-state index in [9.17, 15) is 0 Å². The van der Waals surface area contributed by atoms with Gasteiger partial charge in [-0.25, -0.2) is 0 Å². The van der Waals surface area contributed by atoms with E-state index in [1.165, 1.54) is 6.26 Å². The molecular weight excluding hydrogens is 104 g/mol. The van der Waals surface area contributed by atoms with Gasteiger partial charge in [-0.3, -0.25) is 0 Å². The van der Waals surface area contributed by atoms with Gasteiger partial charge in [0, 0.05) is 0 Å². The molecule has 0 aliphatic heterocycles. The fourth-order valence-corrected chi connectivity index (χ4v) is 0.734. The van der Waals surface area contributed by atoms with Crippen LogP contribution in [0.15, 0.2) is 12.8 Å². The molecule has 1 fully saturated rings. The van der Waals surface area contributed by atoms with Gasteiger partial charge in [0.15, 0.2) is 0 Å². The fraction of sp³-hybridized carbons (Fsp3) is 0.667. The topological polar surface area (TPSA) is 29.5 Å². The van der Waals surface area contributed by atoms with Crippen molar-refractivity contribution in [2.75, 3.05) is 0 Å². The summed E-state index contributed by atoms with van der Waals surface area (Å²) in [7, 11) is 0. The van der Waals surface area contributed by atoms with Crippen LogP contribution in [0.4, 0.5) is 0 Å². The predicted molar refractivity (Wildman–Crippen MR) is 30.3 cm³/mol. The molecule has 0 saturated heterocycles. The number of ether oxygens (including phenoxy) is 1. The molecule has 1 aliphatic rings. The normalized spacial score (nSPS) is 35.6. The third-order valence-electron chi connectivity index (χ3n) is 1.45. The second-order valence-electron chi connectivity index (χ2n) is 1.99. The summed E-state index contributed by atoms with van der Waals surface area (Å²) in [6.45, 7) is 3.38. The molecule has 1 N–H and O–H groups in total. The lowest BCUT2D eigenvalue weighted by atomic mass is 9.92. The van der Waals surface area contributed by atoms with Crippen LogP contribution in [-0.4, -0.2) is 17.3 Å². The molecule has 2 atom stereocenters. The Morgan fingerprint density at radius 1 is 1.62 bits per heavy atom. The zero-order valence-corrected chi connectivity index (χ0v) is 4.71. The maximum absolute atomic E-state index is 8.87. The van der Waals surface area contributed by atoms with Crippen molar-refractivity contribution in [1.29, 1.82) is 0 Å². The minimum absolute atomic E-state index is 0.0347. The monoisotopic (exact) mass is 114 g/mol. The van der Waals surface area contributed by atoms with Crippen LogP contribution in [0.3, 0.4) is 0 Å². The second-order valence-corrected chi connectivity index (χ2v) is 1.99. The molecule has 1 saturated carbocycles. The van der Waals surface area contributed by atoms with E-state index in [0.717, 1.165) is 12.8 Å². The third-order valence-corrected chi connectivity index (χ3v) is 1.45. The molecular formula is C6H10O2. The zero-order valence-electron chi connectivity index (χ0n) is 4.71. The average molecular weight is 114 g/mol. The Morgan fingerprint density at radius 2 is 2.38 bits per heavy atom. The summed E-state index contributed by atoms with van der Waals surface area (Å²) >= 11 is 0. The summed E-state index contributed by atoms with van der Waals surface area (Å²) in [5.41, 5.74) is 0. The molecule has 0 aromatic rings. The molecule has 0 spiro atoms. The highest BCUT2D eigenvalue weighted by Crippen LogP contribution is 2.22. The first kappa shape index (κ1) is 5.63. The molecule has 0 aromatic heterocycles. The summed E-state index contributed by atoms with van der Waals surface area (Å²) in [6, 6.07) is 0. The van der Waals surface area contributed by atoms with E-state index >= 15 is 0 Å². The molecule has 2 heteroatoms. The first-order valence-corrected chi connectivity index (χ1v) is 2.79. The standard InChI is InChI=1S/C6H10O2/c1-2-8-6-4-3-5(6)7/h2,5-7H,1,3-4H2. The van der Waals surface area contributed by atoms with Crippen LogP contribution >= 0.6 is 0 Å². The van der Waals surface area contributed by atoms with Crippen molar-refractivity contribution in [2.45, 2.75) is 25.0 Å². The van der Waals surface area contributed by atoms with Crippen molar-refractivity contribution in [2.24, 2.45) is 0 Å². The lowest BCUT2D eigenvalue weighted by Crippen LogP contribution is -2.37. The van der Waals surface area contributed by atoms with Gasteiger partial charge in [0.05, 0.1) is 12.4 Å². The Bertz CT molecular complexity index is 90.5. The summed E-state index contributed by atoms with van der Waals surface area (Å²) in [4.78, 5) is 0. The Kier molecular flexibility index (Phi) is 1.53. The predicted octanol–water partition coefficient (Wildman–Crippen LogP) is 0.670. The van der Waals surface area contributed by atoms with Gasteiger partial charge in [0.1, 0.15) is 6.10 Å². The summed E-state index contributed by atoms with van der Waals surface area (Å²) in [5.74, 6) is 0. The molecule has 2 unspecified atom stereocenters. The molecule has 0 aromatic carbocycles. The van der Waals surface area contributed by atoms with Gasteiger partial charge in [-0.2, -0.15) is 0 Å². The molecule has 1 rings (SSSR count). The largest absolute Gasteiger partial charge is 0.496 e. The van der Waals surface area contributed by atoms with Gasteiger partial charge in [-0.15, -0.1) is 0 Å². The Morgan fingerprint density at radius 3 is 2.50 bits per heavy atom. The molecule has 1 aliphatic carbocycles. The molecule has 0 radical (unpaired) electrons. The van der Waals surface area contributed by atoms with Crippen LogP contribution in [0, 0.1) is 0 Å². The van der Waals surface area contributed by atoms with Gasteiger partial charge < -0.3 is 9.84 Å². The molecule has 8 heavy (non-hydrogen) atoms. The lowest BCUT2D eigenvalue weighted by Gasteiger charge is -2.30. The second kappa shape index (κ2) is 2.18. The minimum atomic E-state index is -0.243. The van der Waals surface area contributed by atoms with Crippen LogP contribution in [0.25, 0.3) is 0 Å². The molecule has 0 bridgehead atoms. The highest BCUT2D eigenvalue weighted by Gasteiger charge is 2.29. The molecule has 2 nitrogen and oxygen atoms in total. The number of aliphatic hydroxyl groups is 1. The van der Waals surface area contributed by atoms with Crippen LogP contribution in [0.5, 0.6) is 0 Å². The number of aliphatic hydroxyl groups excluding tert-OH is 1. The van der Waals surface area contributed by atoms with Crippen molar-refractivity contribution >= 4 is 0 Å². The first-order chi connectivity index (χ1) is 3.84. The molecule has 0 heterocycles. The molecule has 0 amide bonds. The zero-order chi connectivity index (χ0) is 5.98. The van der Waals surface area contributed by atoms with Crippen molar-refractivity contribution in [3.8, 4) is 0 Å². The summed E-state index contributed by atoms with van der Waals surface area (Å²) in [5, 5.41) is 8.87. The van der Waals surface area contributed by atoms with E-state index in [1.54, 1.807) is 0 Å². The van der Waals surface area contributed by atoms with E-state index < -0.39 is 0 Å². The number of hydrogen-bond acceptors (Lipinski definition) is 2. The van der Waals surface area contributed by atoms with Crippen molar-refractivity contribution < 1.29 is 9.84 Å². The quantitative estimate of drug-likeness (QED) is 0.534. The van der Waals surface area contributed by atoms with E-state index in [1.807, 2.05) is 0 Å². The van der Waals surface area contributed by atoms with E-state index in [-0.39, 0.29) is 12.2 Å². The first-order valence-electron chi connectivity index (χ1n) is 2.79. The number of rotatable bonds is 2.